The lowest BCUT2D eigenvalue weighted by atomic mass is 9.97. The van der Waals surface area contributed by atoms with Gasteiger partial charge in [0, 0.05) is 16.6 Å². The van der Waals surface area contributed by atoms with E-state index in [1.807, 2.05) is 6.92 Å². The number of fused-ring (bicyclic) bond motifs is 2. The minimum atomic E-state index is -3.58. The zero-order valence-electron chi connectivity index (χ0n) is 15.0. The molecule has 1 fully saturated rings. The molecule has 0 amide bonds. The van der Waals surface area contributed by atoms with Crippen molar-refractivity contribution in [1.82, 2.24) is 14.5 Å². The topological polar surface area (TPSA) is 89.6 Å². The van der Waals surface area contributed by atoms with Crippen LogP contribution in [0, 0.1) is 6.92 Å². The predicted octanol–water partition coefficient (Wildman–Crippen LogP) is 2.83. The average molecular weight is 424 g/mol. The maximum atomic E-state index is 14.4. The van der Waals surface area contributed by atoms with Gasteiger partial charge in [0.15, 0.2) is 6.23 Å². The third-order valence-corrected chi connectivity index (χ3v) is 5.70. The molecule has 0 aliphatic carbocycles. The van der Waals surface area contributed by atoms with Crippen LogP contribution in [-0.2, 0) is 15.6 Å². The first-order chi connectivity index (χ1) is 13.8. The number of rotatable bonds is 2. The number of nitrogens with zero attached hydrogens (tertiary/aromatic N) is 3. The van der Waals surface area contributed by atoms with E-state index in [0.717, 1.165) is 17.1 Å². The predicted molar refractivity (Wildman–Crippen MR) is 97.4 cm³/mol. The minimum Gasteiger partial charge on any atom is -0.387 e. The molecule has 0 radical (unpaired) electrons. The zero-order chi connectivity index (χ0) is 20.5. The molecule has 0 bridgehead atoms. The molecule has 5 rings (SSSR count). The van der Waals surface area contributed by atoms with Crippen molar-refractivity contribution < 1.29 is 28.5 Å². The van der Waals surface area contributed by atoms with Crippen LogP contribution in [0.15, 0.2) is 36.8 Å². The number of aryl methyl sites for hydroxylation is 1. The van der Waals surface area contributed by atoms with Crippen LogP contribution in [0.4, 0.5) is 8.78 Å². The van der Waals surface area contributed by atoms with Crippen LogP contribution in [0.2, 0.25) is 5.02 Å². The molecular weight excluding hydrogens is 408 g/mol. The van der Waals surface area contributed by atoms with E-state index in [0.29, 0.717) is 5.65 Å². The number of aromatic nitrogens is 3. The largest absolute Gasteiger partial charge is 0.387 e. The summed E-state index contributed by atoms with van der Waals surface area (Å²) in [6.45, 7) is 1.81. The molecule has 29 heavy (non-hydrogen) atoms. The van der Waals surface area contributed by atoms with E-state index in [9.17, 15) is 19.0 Å². The highest BCUT2D eigenvalue weighted by Gasteiger charge is 2.56. The fraction of sp³-hybridized carbons (Fsp3) is 0.368. The maximum Gasteiger partial charge on any atom is 0.384 e. The Kier molecular flexibility index (Phi) is 4.17. The summed E-state index contributed by atoms with van der Waals surface area (Å²) in [5.41, 5.74) is 1.02. The van der Waals surface area contributed by atoms with E-state index >= 15 is 0 Å². The van der Waals surface area contributed by atoms with Crippen molar-refractivity contribution in [3.63, 3.8) is 0 Å². The number of aliphatic hydroxyl groups is 2. The molecule has 0 unspecified atom stereocenters. The number of ether oxygens (including phenoxy) is 2. The second kappa shape index (κ2) is 6.41. The first kappa shape index (κ1) is 18.8. The van der Waals surface area contributed by atoms with Crippen LogP contribution in [0.1, 0.15) is 29.2 Å². The van der Waals surface area contributed by atoms with Crippen LogP contribution < -0.4 is 0 Å². The molecule has 2 aliphatic heterocycles. The Bertz CT molecular complexity index is 1110. The lowest BCUT2D eigenvalue weighted by molar-refractivity contribution is -0.277. The summed E-state index contributed by atoms with van der Waals surface area (Å²) in [6.07, 6.45) is -6.91. The fourth-order valence-electron chi connectivity index (χ4n) is 4.03. The van der Waals surface area contributed by atoms with Crippen LogP contribution in [-0.4, -0.2) is 43.1 Å². The monoisotopic (exact) mass is 423 g/mol. The van der Waals surface area contributed by atoms with Crippen LogP contribution >= 0.6 is 11.6 Å². The number of hydrogen-bond donors (Lipinski definition) is 2. The summed E-state index contributed by atoms with van der Waals surface area (Å²) < 4.78 is 41.1. The minimum absolute atomic E-state index is 0.146. The molecular formula is C19H16ClF2N3O4. The van der Waals surface area contributed by atoms with Crippen molar-refractivity contribution in [3.8, 4) is 0 Å². The Labute approximate surface area is 168 Å². The summed E-state index contributed by atoms with van der Waals surface area (Å²) in [4.78, 5) is 8.33. The zero-order valence-corrected chi connectivity index (χ0v) is 15.8. The SMILES string of the molecule is Cc1ncnc2c1ccn2[C@@H]1O[C@H]([C@@H]2OC(F)(F)c3cc(Cl)ccc32)[C@@H](O)[C@H]1O. The smallest absolute Gasteiger partial charge is 0.384 e. The van der Waals surface area contributed by atoms with Crippen molar-refractivity contribution in [2.75, 3.05) is 0 Å². The van der Waals surface area contributed by atoms with Crippen molar-refractivity contribution in [2.45, 2.75) is 43.7 Å². The van der Waals surface area contributed by atoms with Gasteiger partial charge in [-0.2, -0.15) is 8.78 Å². The molecule has 1 saturated heterocycles. The average Bonchev–Trinajstić information content (AvgIpc) is 3.30. The summed E-state index contributed by atoms with van der Waals surface area (Å²) in [5.74, 6) is 0. The third kappa shape index (κ3) is 2.77. The third-order valence-electron chi connectivity index (χ3n) is 5.47. The van der Waals surface area contributed by atoms with Gasteiger partial charge >= 0.3 is 6.11 Å². The van der Waals surface area contributed by atoms with Crippen molar-refractivity contribution in [1.29, 1.82) is 0 Å². The maximum absolute atomic E-state index is 14.4. The molecule has 2 aliphatic rings. The summed E-state index contributed by atoms with van der Waals surface area (Å²) in [6, 6.07) is 5.77. The van der Waals surface area contributed by atoms with E-state index in [1.54, 1.807) is 16.8 Å². The van der Waals surface area contributed by atoms with Crippen molar-refractivity contribution >= 4 is 22.6 Å². The molecule has 10 heteroatoms. The van der Waals surface area contributed by atoms with Gasteiger partial charge in [-0.15, -0.1) is 0 Å². The summed E-state index contributed by atoms with van der Waals surface area (Å²) >= 11 is 5.84. The Balaban J connectivity index is 1.52. The van der Waals surface area contributed by atoms with Gasteiger partial charge in [-0.25, -0.2) is 9.97 Å². The second-order valence-electron chi connectivity index (χ2n) is 7.18. The lowest BCUT2D eigenvalue weighted by Crippen LogP contribution is -2.35. The van der Waals surface area contributed by atoms with Crippen molar-refractivity contribution in [3.05, 3.63) is 58.6 Å². The van der Waals surface area contributed by atoms with Gasteiger partial charge in [0.1, 0.15) is 36.4 Å². The first-order valence-corrected chi connectivity index (χ1v) is 9.31. The molecule has 0 saturated carbocycles. The number of benzene rings is 1. The number of alkyl halides is 2. The summed E-state index contributed by atoms with van der Waals surface area (Å²) in [7, 11) is 0. The van der Waals surface area contributed by atoms with Gasteiger partial charge in [0.25, 0.3) is 0 Å². The van der Waals surface area contributed by atoms with E-state index < -0.39 is 36.8 Å². The number of hydrogen-bond acceptors (Lipinski definition) is 6. The highest BCUT2D eigenvalue weighted by molar-refractivity contribution is 6.30. The molecule has 0 spiro atoms. The fourth-order valence-corrected chi connectivity index (χ4v) is 4.20. The van der Waals surface area contributed by atoms with E-state index in [2.05, 4.69) is 9.97 Å². The van der Waals surface area contributed by atoms with Crippen LogP contribution in [0.25, 0.3) is 11.0 Å². The highest BCUT2D eigenvalue weighted by Crippen LogP contribution is 2.51. The van der Waals surface area contributed by atoms with Gasteiger partial charge in [-0.05, 0) is 30.7 Å². The molecule has 3 aromatic rings. The van der Waals surface area contributed by atoms with E-state index in [4.69, 9.17) is 21.1 Å². The molecule has 4 heterocycles. The Morgan fingerprint density at radius 1 is 1.17 bits per heavy atom. The van der Waals surface area contributed by atoms with Gasteiger partial charge in [-0.1, -0.05) is 17.7 Å². The molecule has 7 nitrogen and oxygen atoms in total. The number of aliphatic hydroxyl groups excluding tert-OH is 2. The standard InChI is InChI=1S/C19H16ClF2N3O4/c1-8-10-4-5-25(17(10)24-7-23-8)18-14(27)13(26)16(28-18)15-11-3-2-9(20)6-12(11)19(21,22)29-15/h2-7,13-16,18,26-27H,1H3/t13-,14+,15+,16-,18+/m0/s1. The molecule has 2 N–H and O–H groups in total. The normalized spacial score (nSPS) is 30.8. The Morgan fingerprint density at radius 2 is 1.97 bits per heavy atom. The van der Waals surface area contributed by atoms with Gasteiger partial charge in [0.05, 0.1) is 11.3 Å². The highest BCUT2D eigenvalue weighted by atomic mass is 35.5. The Hall–Kier alpha value is -2.17. The lowest BCUT2D eigenvalue weighted by Gasteiger charge is -2.22. The van der Waals surface area contributed by atoms with Gasteiger partial charge in [0.2, 0.25) is 0 Å². The molecule has 2 aromatic heterocycles. The van der Waals surface area contributed by atoms with Crippen LogP contribution in [0.5, 0.6) is 0 Å². The molecule has 5 atom stereocenters. The van der Waals surface area contributed by atoms with Gasteiger partial charge in [-0.3, -0.25) is 0 Å². The second-order valence-corrected chi connectivity index (χ2v) is 7.62. The molecule has 152 valence electrons. The van der Waals surface area contributed by atoms with E-state index in [1.165, 1.54) is 18.5 Å². The van der Waals surface area contributed by atoms with Crippen molar-refractivity contribution in [2.24, 2.45) is 0 Å². The molecule has 1 aromatic carbocycles. The number of halogens is 3. The Morgan fingerprint density at radius 3 is 2.76 bits per heavy atom. The van der Waals surface area contributed by atoms with E-state index in [-0.39, 0.29) is 16.1 Å². The van der Waals surface area contributed by atoms with Crippen LogP contribution in [0.3, 0.4) is 0 Å². The summed E-state index contributed by atoms with van der Waals surface area (Å²) in [5, 5.41) is 22.1. The van der Waals surface area contributed by atoms with Gasteiger partial charge < -0.3 is 24.3 Å². The first-order valence-electron chi connectivity index (χ1n) is 8.93. The quantitative estimate of drug-likeness (QED) is 0.659.